The molecule has 1 aromatic heterocycles. The molecule has 5 heteroatoms. The van der Waals surface area contributed by atoms with Gasteiger partial charge in [-0.25, -0.2) is 0 Å². The van der Waals surface area contributed by atoms with Gasteiger partial charge in [-0.3, -0.25) is 4.79 Å². The maximum absolute atomic E-state index is 12.0. The van der Waals surface area contributed by atoms with Crippen LogP contribution in [0.1, 0.15) is 36.0 Å². The Kier molecular flexibility index (Phi) is 4.30. The summed E-state index contributed by atoms with van der Waals surface area (Å²) in [5.41, 5.74) is 7.67. The van der Waals surface area contributed by atoms with E-state index in [2.05, 4.69) is 10.6 Å². The molecule has 0 aliphatic carbocycles. The number of nitrogen functional groups attached to an aromatic ring is 1. The van der Waals surface area contributed by atoms with Crippen LogP contribution in [-0.4, -0.2) is 12.5 Å². The van der Waals surface area contributed by atoms with E-state index in [-0.39, 0.29) is 11.9 Å². The normalized spacial score (nSPS) is 11.9. The summed E-state index contributed by atoms with van der Waals surface area (Å²) in [5.74, 6) is 0.677. The van der Waals surface area contributed by atoms with Crippen molar-refractivity contribution in [2.24, 2.45) is 0 Å². The number of hydrogen-bond donors (Lipinski definition) is 3. The molecule has 4 N–H and O–H groups in total. The molecule has 0 saturated carbocycles. The van der Waals surface area contributed by atoms with Crippen molar-refractivity contribution in [3.63, 3.8) is 0 Å². The molecule has 2 rings (SSSR count). The summed E-state index contributed by atoms with van der Waals surface area (Å²) >= 11 is 0. The molecule has 1 unspecified atom stereocenters. The second-order valence-electron chi connectivity index (χ2n) is 4.55. The van der Waals surface area contributed by atoms with Crippen LogP contribution in [0.5, 0.6) is 0 Å². The molecule has 0 aliphatic heterocycles. The summed E-state index contributed by atoms with van der Waals surface area (Å²) in [7, 11) is 0. The molecule has 0 saturated heterocycles. The molecule has 0 fully saturated rings. The van der Waals surface area contributed by atoms with Crippen molar-refractivity contribution in [2.75, 3.05) is 17.6 Å². The van der Waals surface area contributed by atoms with Crippen LogP contribution in [-0.2, 0) is 0 Å². The van der Waals surface area contributed by atoms with E-state index in [1.54, 1.807) is 24.5 Å². The molecular weight excluding hydrogens is 254 g/mol. The van der Waals surface area contributed by atoms with Crippen LogP contribution in [0.15, 0.2) is 41.0 Å². The van der Waals surface area contributed by atoms with Gasteiger partial charge in [-0.15, -0.1) is 0 Å². The Balaban J connectivity index is 2.25. The smallest absolute Gasteiger partial charge is 0.253 e. The van der Waals surface area contributed by atoms with Crippen molar-refractivity contribution in [2.45, 2.75) is 19.9 Å². The van der Waals surface area contributed by atoms with Crippen molar-refractivity contribution < 1.29 is 9.21 Å². The first-order valence-electron chi connectivity index (χ1n) is 6.59. The highest BCUT2D eigenvalue weighted by molar-refractivity contribution is 6.00. The SMILES string of the molecule is CCNC(=O)c1ccc(N)cc1NC(C)c1ccco1. The zero-order valence-corrected chi connectivity index (χ0v) is 11.6. The predicted octanol–water partition coefficient (Wildman–Crippen LogP) is 2.78. The fourth-order valence-electron chi connectivity index (χ4n) is 1.98. The Morgan fingerprint density at radius 2 is 2.20 bits per heavy atom. The zero-order valence-electron chi connectivity index (χ0n) is 11.6. The molecular formula is C15H19N3O2. The summed E-state index contributed by atoms with van der Waals surface area (Å²) in [6.45, 7) is 4.42. The molecule has 5 nitrogen and oxygen atoms in total. The van der Waals surface area contributed by atoms with E-state index < -0.39 is 0 Å². The summed E-state index contributed by atoms with van der Waals surface area (Å²) < 4.78 is 5.35. The topological polar surface area (TPSA) is 80.3 Å². The van der Waals surface area contributed by atoms with Gasteiger partial charge in [-0.05, 0) is 44.2 Å². The van der Waals surface area contributed by atoms with E-state index in [0.717, 1.165) is 5.76 Å². The fourth-order valence-corrected chi connectivity index (χ4v) is 1.98. The van der Waals surface area contributed by atoms with Gasteiger partial charge in [-0.1, -0.05) is 0 Å². The standard InChI is InChI=1S/C15H19N3O2/c1-3-17-15(19)12-7-6-11(16)9-13(12)18-10(2)14-5-4-8-20-14/h4-10,18H,3,16H2,1-2H3,(H,17,19). The first-order valence-corrected chi connectivity index (χ1v) is 6.59. The summed E-state index contributed by atoms with van der Waals surface area (Å²) in [4.78, 5) is 12.0. The van der Waals surface area contributed by atoms with Crippen LogP contribution < -0.4 is 16.4 Å². The van der Waals surface area contributed by atoms with Gasteiger partial charge < -0.3 is 20.8 Å². The average molecular weight is 273 g/mol. The maximum atomic E-state index is 12.0. The van der Waals surface area contributed by atoms with E-state index >= 15 is 0 Å². The van der Waals surface area contributed by atoms with Gasteiger partial charge in [0.2, 0.25) is 0 Å². The third kappa shape index (κ3) is 3.12. The Morgan fingerprint density at radius 3 is 2.85 bits per heavy atom. The number of carbonyl (C=O) groups excluding carboxylic acids is 1. The number of nitrogens with one attached hydrogen (secondary N) is 2. The molecule has 1 aromatic carbocycles. The van der Waals surface area contributed by atoms with E-state index in [1.807, 2.05) is 26.0 Å². The molecule has 106 valence electrons. The van der Waals surface area contributed by atoms with Crippen molar-refractivity contribution in [1.82, 2.24) is 5.32 Å². The number of carbonyl (C=O) groups is 1. The number of furan rings is 1. The Labute approximate surface area is 118 Å². The van der Waals surface area contributed by atoms with Gasteiger partial charge >= 0.3 is 0 Å². The third-order valence-corrected chi connectivity index (χ3v) is 2.97. The molecule has 1 amide bonds. The highest BCUT2D eigenvalue weighted by Crippen LogP contribution is 2.25. The Morgan fingerprint density at radius 1 is 1.40 bits per heavy atom. The van der Waals surface area contributed by atoms with Gasteiger partial charge in [-0.2, -0.15) is 0 Å². The van der Waals surface area contributed by atoms with Crippen LogP contribution in [0.2, 0.25) is 0 Å². The van der Waals surface area contributed by atoms with Crippen LogP contribution >= 0.6 is 0 Å². The molecule has 0 spiro atoms. The minimum atomic E-state index is -0.123. The highest BCUT2D eigenvalue weighted by atomic mass is 16.3. The number of benzene rings is 1. The van der Waals surface area contributed by atoms with Crippen molar-refractivity contribution in [3.8, 4) is 0 Å². The second kappa shape index (κ2) is 6.14. The lowest BCUT2D eigenvalue weighted by Crippen LogP contribution is -2.24. The monoisotopic (exact) mass is 273 g/mol. The first-order chi connectivity index (χ1) is 9.61. The van der Waals surface area contributed by atoms with E-state index in [9.17, 15) is 4.79 Å². The number of nitrogens with two attached hydrogens (primary N) is 1. The van der Waals surface area contributed by atoms with E-state index in [0.29, 0.717) is 23.5 Å². The molecule has 0 aliphatic rings. The largest absolute Gasteiger partial charge is 0.467 e. The minimum Gasteiger partial charge on any atom is -0.467 e. The van der Waals surface area contributed by atoms with Crippen LogP contribution in [0.4, 0.5) is 11.4 Å². The van der Waals surface area contributed by atoms with Gasteiger partial charge in [0.1, 0.15) is 5.76 Å². The Bertz CT molecular complexity index is 579. The summed E-state index contributed by atoms with van der Waals surface area (Å²) in [6, 6.07) is 8.85. The second-order valence-corrected chi connectivity index (χ2v) is 4.55. The predicted molar refractivity (Wildman–Crippen MR) is 79.6 cm³/mol. The molecule has 1 heterocycles. The van der Waals surface area contributed by atoms with Crippen molar-refractivity contribution in [1.29, 1.82) is 0 Å². The lowest BCUT2D eigenvalue weighted by molar-refractivity contribution is 0.0956. The lowest BCUT2D eigenvalue weighted by Gasteiger charge is -2.16. The molecule has 0 radical (unpaired) electrons. The third-order valence-electron chi connectivity index (χ3n) is 2.97. The van der Waals surface area contributed by atoms with Gasteiger partial charge in [0.25, 0.3) is 5.91 Å². The lowest BCUT2D eigenvalue weighted by atomic mass is 10.1. The molecule has 2 aromatic rings. The van der Waals surface area contributed by atoms with Gasteiger partial charge in [0.15, 0.2) is 0 Å². The van der Waals surface area contributed by atoms with E-state index in [4.69, 9.17) is 10.2 Å². The van der Waals surface area contributed by atoms with E-state index in [1.165, 1.54) is 0 Å². The van der Waals surface area contributed by atoms with Crippen LogP contribution in [0.25, 0.3) is 0 Å². The Hall–Kier alpha value is -2.43. The maximum Gasteiger partial charge on any atom is 0.253 e. The molecule has 20 heavy (non-hydrogen) atoms. The fraction of sp³-hybridized carbons (Fsp3) is 0.267. The number of anilines is 2. The first kappa shape index (κ1) is 14.0. The van der Waals surface area contributed by atoms with Crippen molar-refractivity contribution >= 4 is 17.3 Å². The summed E-state index contributed by atoms with van der Waals surface area (Å²) in [6.07, 6.45) is 1.62. The molecule has 0 bridgehead atoms. The van der Waals surface area contributed by atoms with Crippen LogP contribution in [0, 0.1) is 0 Å². The number of amides is 1. The van der Waals surface area contributed by atoms with Crippen LogP contribution in [0.3, 0.4) is 0 Å². The summed E-state index contributed by atoms with van der Waals surface area (Å²) in [5, 5.41) is 6.04. The number of rotatable bonds is 5. The number of hydrogen-bond acceptors (Lipinski definition) is 4. The van der Waals surface area contributed by atoms with Gasteiger partial charge in [0.05, 0.1) is 17.9 Å². The highest BCUT2D eigenvalue weighted by Gasteiger charge is 2.14. The minimum absolute atomic E-state index is 0.0556. The van der Waals surface area contributed by atoms with Crippen molar-refractivity contribution in [3.05, 3.63) is 47.9 Å². The quantitative estimate of drug-likeness (QED) is 0.732. The average Bonchev–Trinajstić information content (AvgIpc) is 2.93. The molecule has 1 atom stereocenters. The zero-order chi connectivity index (χ0) is 14.5. The van der Waals surface area contributed by atoms with Gasteiger partial charge in [0, 0.05) is 17.9 Å².